The molecule has 0 heterocycles. The molecule has 0 bridgehead atoms. The summed E-state index contributed by atoms with van der Waals surface area (Å²) in [7, 11) is 0. The maximum Gasteiger partial charge on any atom is 0.163 e. The SMILES string of the molecule is CCC(=O)[C@H](O)[C@@H](O)[C@@H](O)[C@@H](C)O. The second-order valence-electron chi connectivity index (χ2n) is 2.99. The molecule has 0 fully saturated rings. The third kappa shape index (κ3) is 3.40. The van der Waals surface area contributed by atoms with Crippen molar-refractivity contribution in [1.82, 2.24) is 0 Å². The third-order valence-electron chi connectivity index (χ3n) is 1.85. The van der Waals surface area contributed by atoms with Crippen molar-refractivity contribution in [2.24, 2.45) is 0 Å². The lowest BCUT2D eigenvalue weighted by Crippen LogP contribution is -2.46. The van der Waals surface area contributed by atoms with Gasteiger partial charge in [-0.15, -0.1) is 0 Å². The van der Waals surface area contributed by atoms with Crippen molar-refractivity contribution in [2.75, 3.05) is 0 Å². The van der Waals surface area contributed by atoms with E-state index in [1.54, 1.807) is 0 Å². The lowest BCUT2D eigenvalue weighted by atomic mass is 10.00. The van der Waals surface area contributed by atoms with Gasteiger partial charge in [0, 0.05) is 6.42 Å². The minimum absolute atomic E-state index is 0.0742. The third-order valence-corrected chi connectivity index (χ3v) is 1.85. The number of ketones is 1. The lowest BCUT2D eigenvalue weighted by Gasteiger charge is -2.23. The van der Waals surface area contributed by atoms with Gasteiger partial charge in [-0.25, -0.2) is 0 Å². The van der Waals surface area contributed by atoms with E-state index in [9.17, 15) is 9.90 Å². The molecule has 0 rings (SSSR count). The second-order valence-corrected chi connectivity index (χ2v) is 2.99. The van der Waals surface area contributed by atoms with Crippen molar-refractivity contribution in [2.45, 2.75) is 44.7 Å². The number of hydrogen-bond donors (Lipinski definition) is 4. The van der Waals surface area contributed by atoms with Crippen LogP contribution in [-0.2, 0) is 4.79 Å². The van der Waals surface area contributed by atoms with Gasteiger partial charge in [0.05, 0.1) is 6.10 Å². The molecule has 0 saturated heterocycles. The van der Waals surface area contributed by atoms with E-state index in [0.717, 1.165) is 0 Å². The Labute approximate surface area is 76.6 Å². The molecular weight excluding hydrogens is 176 g/mol. The predicted molar refractivity (Wildman–Crippen MR) is 45.0 cm³/mol. The summed E-state index contributed by atoms with van der Waals surface area (Å²) in [5, 5.41) is 36.3. The molecule has 0 aliphatic carbocycles. The summed E-state index contributed by atoms with van der Waals surface area (Å²) in [6.07, 6.45) is -5.88. The molecule has 0 spiro atoms. The van der Waals surface area contributed by atoms with Gasteiger partial charge in [-0.3, -0.25) is 4.79 Å². The molecule has 5 heteroatoms. The molecule has 4 N–H and O–H groups in total. The summed E-state index contributed by atoms with van der Waals surface area (Å²) in [6.45, 7) is 2.80. The quantitative estimate of drug-likeness (QED) is 0.422. The molecule has 0 aromatic rings. The Hall–Kier alpha value is -0.490. The van der Waals surface area contributed by atoms with E-state index in [1.165, 1.54) is 13.8 Å². The van der Waals surface area contributed by atoms with E-state index in [0.29, 0.717) is 0 Å². The predicted octanol–water partition coefficient (Wildman–Crippen LogP) is -1.57. The van der Waals surface area contributed by atoms with Gasteiger partial charge in [-0.05, 0) is 6.92 Å². The molecule has 0 aromatic carbocycles. The fourth-order valence-corrected chi connectivity index (χ4v) is 0.872. The first-order chi connectivity index (χ1) is 5.91. The standard InChI is InChI=1S/C8H16O5/c1-3-5(10)7(12)8(13)6(11)4(2)9/h4,6-9,11-13H,3H2,1-2H3/t4-,6+,7+,8+/m1/s1. The number of hydrogen-bond acceptors (Lipinski definition) is 5. The summed E-state index contributed by atoms with van der Waals surface area (Å²) < 4.78 is 0. The van der Waals surface area contributed by atoms with Crippen LogP contribution in [0, 0.1) is 0 Å². The molecule has 5 nitrogen and oxygen atoms in total. The largest absolute Gasteiger partial charge is 0.391 e. The van der Waals surface area contributed by atoms with Gasteiger partial charge < -0.3 is 20.4 Å². The summed E-state index contributed by atoms with van der Waals surface area (Å²) in [5.74, 6) is -0.563. The Bertz CT molecular complexity index is 168. The first kappa shape index (κ1) is 12.5. The smallest absolute Gasteiger partial charge is 0.163 e. The van der Waals surface area contributed by atoms with Gasteiger partial charge in [0.1, 0.15) is 18.3 Å². The first-order valence-corrected chi connectivity index (χ1v) is 4.16. The van der Waals surface area contributed by atoms with Crippen LogP contribution in [0.2, 0.25) is 0 Å². The molecule has 0 radical (unpaired) electrons. The Kier molecular flexibility index (Phi) is 5.09. The monoisotopic (exact) mass is 192 g/mol. The molecule has 4 atom stereocenters. The van der Waals surface area contributed by atoms with E-state index < -0.39 is 30.2 Å². The van der Waals surface area contributed by atoms with E-state index in [-0.39, 0.29) is 6.42 Å². The van der Waals surface area contributed by atoms with Crippen LogP contribution < -0.4 is 0 Å². The van der Waals surface area contributed by atoms with Crippen LogP contribution in [0.25, 0.3) is 0 Å². The van der Waals surface area contributed by atoms with Crippen LogP contribution in [0.3, 0.4) is 0 Å². The molecule has 0 aliphatic rings. The summed E-state index contributed by atoms with van der Waals surface area (Å²) in [4.78, 5) is 10.9. The highest BCUT2D eigenvalue weighted by Crippen LogP contribution is 2.06. The minimum Gasteiger partial charge on any atom is -0.391 e. The molecule has 0 saturated carbocycles. The zero-order valence-corrected chi connectivity index (χ0v) is 7.71. The Balaban J connectivity index is 4.24. The van der Waals surface area contributed by atoms with Gasteiger partial charge in [0.2, 0.25) is 0 Å². The van der Waals surface area contributed by atoms with Crippen LogP contribution in [0.15, 0.2) is 0 Å². The summed E-state index contributed by atoms with van der Waals surface area (Å²) >= 11 is 0. The van der Waals surface area contributed by atoms with Crippen molar-refractivity contribution < 1.29 is 25.2 Å². The zero-order chi connectivity index (χ0) is 10.6. The highest BCUT2D eigenvalue weighted by molar-refractivity contribution is 5.83. The second kappa shape index (κ2) is 5.29. The molecule has 78 valence electrons. The van der Waals surface area contributed by atoms with Crippen molar-refractivity contribution in [3.8, 4) is 0 Å². The molecule has 0 aliphatic heterocycles. The molecule has 0 aromatic heterocycles. The molecule has 0 amide bonds. The van der Waals surface area contributed by atoms with Crippen molar-refractivity contribution in [3.63, 3.8) is 0 Å². The van der Waals surface area contributed by atoms with Crippen molar-refractivity contribution in [3.05, 3.63) is 0 Å². The van der Waals surface area contributed by atoms with Crippen molar-refractivity contribution >= 4 is 5.78 Å². The highest BCUT2D eigenvalue weighted by Gasteiger charge is 2.31. The maximum absolute atomic E-state index is 10.9. The van der Waals surface area contributed by atoms with Gasteiger partial charge >= 0.3 is 0 Å². The Morgan fingerprint density at radius 3 is 1.92 bits per heavy atom. The van der Waals surface area contributed by atoms with Gasteiger partial charge in [0.25, 0.3) is 0 Å². The molecular formula is C8H16O5. The van der Waals surface area contributed by atoms with E-state index in [1.807, 2.05) is 0 Å². The van der Waals surface area contributed by atoms with Crippen LogP contribution >= 0.6 is 0 Å². The maximum atomic E-state index is 10.9. The fraction of sp³-hybridized carbons (Fsp3) is 0.875. The number of Topliss-reactive ketones (excluding diaryl/α,β-unsaturated/α-hetero) is 1. The Morgan fingerprint density at radius 1 is 1.15 bits per heavy atom. The van der Waals surface area contributed by atoms with Crippen LogP contribution in [-0.4, -0.2) is 50.6 Å². The normalized spacial score (nSPS) is 20.5. The summed E-state index contributed by atoms with van der Waals surface area (Å²) in [5.41, 5.74) is 0. The summed E-state index contributed by atoms with van der Waals surface area (Å²) in [6, 6.07) is 0. The number of aliphatic hydroxyl groups excluding tert-OH is 4. The average molecular weight is 192 g/mol. The van der Waals surface area contributed by atoms with Gasteiger partial charge in [-0.2, -0.15) is 0 Å². The van der Waals surface area contributed by atoms with Crippen LogP contribution in [0.4, 0.5) is 0 Å². The lowest BCUT2D eigenvalue weighted by molar-refractivity contribution is -0.143. The highest BCUT2D eigenvalue weighted by atomic mass is 16.4. The van der Waals surface area contributed by atoms with E-state index in [4.69, 9.17) is 15.3 Å². The number of rotatable bonds is 5. The number of carbonyl (C=O) groups is 1. The first-order valence-electron chi connectivity index (χ1n) is 4.16. The Morgan fingerprint density at radius 2 is 1.62 bits per heavy atom. The van der Waals surface area contributed by atoms with E-state index in [2.05, 4.69) is 0 Å². The number of aliphatic hydroxyl groups is 4. The minimum atomic E-state index is -1.63. The molecule has 13 heavy (non-hydrogen) atoms. The van der Waals surface area contributed by atoms with E-state index >= 15 is 0 Å². The molecule has 0 unspecified atom stereocenters. The van der Waals surface area contributed by atoms with Gasteiger partial charge in [0.15, 0.2) is 5.78 Å². The van der Waals surface area contributed by atoms with Crippen LogP contribution in [0.5, 0.6) is 0 Å². The van der Waals surface area contributed by atoms with Gasteiger partial charge in [-0.1, -0.05) is 6.92 Å². The van der Waals surface area contributed by atoms with Crippen LogP contribution in [0.1, 0.15) is 20.3 Å². The average Bonchev–Trinajstić information content (AvgIpc) is 2.12. The number of carbonyl (C=O) groups excluding carboxylic acids is 1. The fourth-order valence-electron chi connectivity index (χ4n) is 0.872. The van der Waals surface area contributed by atoms with Crippen molar-refractivity contribution in [1.29, 1.82) is 0 Å². The topological polar surface area (TPSA) is 98.0 Å². The zero-order valence-electron chi connectivity index (χ0n) is 7.71.